The third kappa shape index (κ3) is 4.23. The molecule has 1 N–H and O–H groups in total. The van der Waals surface area contributed by atoms with Crippen molar-refractivity contribution >= 4 is 18.5 Å². The molecule has 0 saturated carbocycles. The van der Waals surface area contributed by atoms with Crippen LogP contribution in [0.15, 0.2) is 12.1 Å². The van der Waals surface area contributed by atoms with Crippen molar-refractivity contribution in [3.05, 3.63) is 28.8 Å². The molecule has 0 atom stereocenters. The number of aryl methyl sites for hydroxylation is 2. The summed E-state index contributed by atoms with van der Waals surface area (Å²) in [7, 11) is -0.403. The smallest absolute Gasteiger partial charge is 0.399 e. The topological polar surface area (TPSA) is 50.8 Å². The fourth-order valence-corrected chi connectivity index (χ4v) is 3.89. The van der Waals surface area contributed by atoms with Gasteiger partial charge in [-0.3, -0.25) is 4.79 Å². The minimum absolute atomic E-state index is 0.00432. The third-order valence-corrected chi connectivity index (χ3v) is 6.22. The third-order valence-electron chi connectivity index (χ3n) is 6.22. The van der Waals surface area contributed by atoms with Crippen LogP contribution >= 0.6 is 0 Å². The molecule has 5 nitrogen and oxygen atoms in total. The van der Waals surface area contributed by atoms with E-state index in [0.29, 0.717) is 6.54 Å². The van der Waals surface area contributed by atoms with Gasteiger partial charge in [0.05, 0.1) is 11.2 Å². The van der Waals surface area contributed by atoms with E-state index >= 15 is 0 Å². The molecule has 2 heterocycles. The van der Waals surface area contributed by atoms with Gasteiger partial charge < -0.3 is 19.5 Å². The van der Waals surface area contributed by atoms with E-state index in [2.05, 4.69) is 37.9 Å². The van der Waals surface area contributed by atoms with Gasteiger partial charge in [0.25, 0.3) is 5.91 Å². The Morgan fingerprint density at radius 1 is 1.07 bits per heavy atom. The molecule has 0 unspecified atom stereocenters. The van der Waals surface area contributed by atoms with Gasteiger partial charge in [0, 0.05) is 18.7 Å². The van der Waals surface area contributed by atoms with Gasteiger partial charge >= 0.3 is 7.12 Å². The first kappa shape index (κ1) is 20.4. The molecule has 2 aliphatic rings. The highest BCUT2D eigenvalue weighted by Crippen LogP contribution is 2.36. The van der Waals surface area contributed by atoms with Gasteiger partial charge in [-0.1, -0.05) is 12.1 Å². The van der Waals surface area contributed by atoms with Gasteiger partial charge in [0.1, 0.15) is 0 Å². The first-order chi connectivity index (χ1) is 12.6. The van der Waals surface area contributed by atoms with Gasteiger partial charge in [-0.2, -0.15) is 0 Å². The maximum atomic E-state index is 12.7. The van der Waals surface area contributed by atoms with Crippen LogP contribution in [0.3, 0.4) is 0 Å². The summed E-state index contributed by atoms with van der Waals surface area (Å²) in [5, 5.41) is 3.08. The molecule has 2 saturated heterocycles. The number of hydrogen-bond acceptors (Lipinski definition) is 4. The van der Waals surface area contributed by atoms with Crippen LogP contribution in [0.1, 0.15) is 62.0 Å². The molecule has 0 aromatic heterocycles. The van der Waals surface area contributed by atoms with E-state index in [9.17, 15) is 4.79 Å². The Balaban J connectivity index is 1.68. The zero-order valence-corrected chi connectivity index (χ0v) is 17.6. The lowest BCUT2D eigenvalue weighted by Crippen LogP contribution is -2.41. The number of likely N-dealkylation sites (tertiary alicyclic amines) is 1. The summed E-state index contributed by atoms with van der Waals surface area (Å²) in [6.07, 6.45) is 2.54. The highest BCUT2D eigenvalue weighted by molar-refractivity contribution is 6.62. The average Bonchev–Trinajstić information content (AvgIpc) is 3.13. The molecule has 2 fully saturated rings. The van der Waals surface area contributed by atoms with Gasteiger partial charge in [-0.25, -0.2) is 0 Å². The first-order valence-corrected chi connectivity index (χ1v) is 10.1. The lowest BCUT2D eigenvalue weighted by Gasteiger charge is -2.32. The maximum absolute atomic E-state index is 12.7. The summed E-state index contributed by atoms with van der Waals surface area (Å²) < 4.78 is 12.3. The molecule has 6 heteroatoms. The summed E-state index contributed by atoms with van der Waals surface area (Å²) in [6, 6.07) is 4.04. The lowest BCUT2D eigenvalue weighted by atomic mass is 9.76. The Kier molecular flexibility index (Phi) is 5.71. The van der Waals surface area contributed by atoms with E-state index in [-0.39, 0.29) is 17.1 Å². The van der Waals surface area contributed by atoms with Crippen LogP contribution in [0.2, 0.25) is 0 Å². The molecular weight excluding hydrogens is 339 g/mol. The van der Waals surface area contributed by atoms with E-state index in [0.717, 1.165) is 41.8 Å². The van der Waals surface area contributed by atoms with Gasteiger partial charge in [-0.05, 0) is 84.1 Å². The van der Waals surface area contributed by atoms with E-state index in [1.165, 1.54) is 12.8 Å². The molecule has 1 aromatic carbocycles. The fraction of sp³-hybridized carbons (Fsp3) is 0.667. The number of hydrogen-bond donors (Lipinski definition) is 1. The van der Waals surface area contributed by atoms with E-state index in [4.69, 9.17) is 9.31 Å². The minimum atomic E-state index is -0.403. The Morgan fingerprint density at radius 3 is 2.11 bits per heavy atom. The first-order valence-electron chi connectivity index (χ1n) is 10.1. The molecule has 27 heavy (non-hydrogen) atoms. The van der Waals surface area contributed by atoms with Gasteiger partial charge in [0.2, 0.25) is 0 Å². The van der Waals surface area contributed by atoms with Crippen molar-refractivity contribution in [2.45, 2.75) is 65.6 Å². The van der Waals surface area contributed by atoms with E-state index in [1.807, 2.05) is 26.0 Å². The number of benzene rings is 1. The zero-order chi connectivity index (χ0) is 19.8. The molecule has 0 bridgehead atoms. The number of carbonyl (C=O) groups is 1. The van der Waals surface area contributed by atoms with Crippen molar-refractivity contribution in [3.63, 3.8) is 0 Å². The SMILES string of the molecule is Cc1cc(B2OC(C)(C)C(C)(C)O2)cc(C)c1C(=O)NCCN1CCCC1. The van der Waals surface area contributed by atoms with Crippen LogP contribution in [-0.2, 0) is 9.31 Å². The Morgan fingerprint density at radius 2 is 1.59 bits per heavy atom. The van der Waals surface area contributed by atoms with Gasteiger partial charge in [-0.15, -0.1) is 0 Å². The Hall–Kier alpha value is -1.37. The van der Waals surface area contributed by atoms with Crippen molar-refractivity contribution in [1.82, 2.24) is 10.2 Å². The average molecular weight is 372 g/mol. The highest BCUT2D eigenvalue weighted by atomic mass is 16.7. The van der Waals surface area contributed by atoms with Crippen LogP contribution < -0.4 is 10.8 Å². The minimum Gasteiger partial charge on any atom is -0.399 e. The molecule has 1 amide bonds. The van der Waals surface area contributed by atoms with Crippen molar-refractivity contribution in [2.75, 3.05) is 26.2 Å². The standard InChI is InChI=1S/C21H33BN2O3/c1-15-13-17(22-26-20(3,4)21(5,6)27-22)14-16(2)18(15)19(25)23-9-12-24-10-7-8-11-24/h13-14H,7-12H2,1-6H3,(H,23,25). The summed E-state index contributed by atoms with van der Waals surface area (Å²) in [6.45, 7) is 16.1. The number of carbonyl (C=O) groups excluding carboxylic acids is 1. The number of rotatable bonds is 5. The van der Waals surface area contributed by atoms with Crippen LogP contribution in [0.4, 0.5) is 0 Å². The number of nitrogens with one attached hydrogen (secondary N) is 1. The van der Waals surface area contributed by atoms with Crippen molar-refractivity contribution in [1.29, 1.82) is 0 Å². The largest absolute Gasteiger partial charge is 0.494 e. The zero-order valence-electron chi connectivity index (χ0n) is 17.6. The Bertz CT molecular complexity index is 672. The quantitative estimate of drug-likeness (QED) is 0.807. The number of nitrogens with zero attached hydrogens (tertiary/aromatic N) is 1. The summed E-state index contributed by atoms with van der Waals surface area (Å²) >= 11 is 0. The van der Waals surface area contributed by atoms with Crippen LogP contribution in [0, 0.1) is 13.8 Å². The van der Waals surface area contributed by atoms with Crippen LogP contribution in [0.5, 0.6) is 0 Å². The second-order valence-corrected chi connectivity index (χ2v) is 8.92. The van der Waals surface area contributed by atoms with Gasteiger partial charge in [0.15, 0.2) is 0 Å². The molecule has 0 radical (unpaired) electrons. The molecule has 148 valence electrons. The summed E-state index contributed by atoms with van der Waals surface area (Å²) in [5.41, 5.74) is 2.90. The molecule has 2 aliphatic heterocycles. The van der Waals surface area contributed by atoms with Crippen LogP contribution in [-0.4, -0.2) is 55.3 Å². The summed E-state index contributed by atoms with van der Waals surface area (Å²) in [4.78, 5) is 15.1. The van der Waals surface area contributed by atoms with Crippen LogP contribution in [0.25, 0.3) is 0 Å². The normalized spacial score (nSPS) is 21.6. The predicted molar refractivity (Wildman–Crippen MR) is 110 cm³/mol. The Labute approximate surface area is 163 Å². The monoisotopic (exact) mass is 372 g/mol. The van der Waals surface area contributed by atoms with E-state index in [1.54, 1.807) is 0 Å². The summed E-state index contributed by atoms with van der Waals surface area (Å²) in [5.74, 6) is 0.00432. The molecule has 3 rings (SSSR count). The van der Waals surface area contributed by atoms with Crippen molar-refractivity contribution in [2.24, 2.45) is 0 Å². The maximum Gasteiger partial charge on any atom is 0.494 e. The molecular formula is C21H33BN2O3. The second kappa shape index (κ2) is 7.57. The second-order valence-electron chi connectivity index (χ2n) is 8.92. The number of amides is 1. The lowest BCUT2D eigenvalue weighted by molar-refractivity contribution is 0.00578. The molecule has 1 aromatic rings. The van der Waals surface area contributed by atoms with Crippen molar-refractivity contribution in [3.8, 4) is 0 Å². The van der Waals surface area contributed by atoms with E-state index < -0.39 is 7.12 Å². The highest BCUT2D eigenvalue weighted by Gasteiger charge is 2.51. The molecule has 0 spiro atoms. The molecule has 0 aliphatic carbocycles. The van der Waals surface area contributed by atoms with Crippen molar-refractivity contribution < 1.29 is 14.1 Å². The fourth-order valence-electron chi connectivity index (χ4n) is 3.89. The predicted octanol–water partition coefficient (Wildman–Crippen LogP) is 2.43.